The number of primary amides is 1. The fraction of sp³-hybridized carbons (Fsp3) is 0.0500. The lowest BCUT2D eigenvalue weighted by molar-refractivity contribution is -0.120. The summed E-state index contributed by atoms with van der Waals surface area (Å²) in [6.07, 6.45) is 0. The second-order valence-electron chi connectivity index (χ2n) is 5.84. The molecule has 4 N–H and O–H groups in total. The number of rotatable bonds is 5. The highest BCUT2D eigenvalue weighted by atomic mass is 35.5. The Morgan fingerprint density at radius 2 is 1.63 bits per heavy atom. The van der Waals surface area contributed by atoms with Crippen LogP contribution in [0.2, 0.25) is 5.02 Å². The Morgan fingerprint density at radius 3 is 2.22 bits per heavy atom. The highest BCUT2D eigenvalue weighted by molar-refractivity contribution is 6.30. The van der Waals surface area contributed by atoms with Gasteiger partial charge in [0.25, 0.3) is 11.5 Å². The molecule has 3 aromatic rings. The molecule has 2 aromatic carbocycles. The van der Waals surface area contributed by atoms with Gasteiger partial charge >= 0.3 is 0 Å². The third kappa shape index (κ3) is 4.24. The summed E-state index contributed by atoms with van der Waals surface area (Å²) < 4.78 is 0. The average Bonchev–Trinajstić information content (AvgIpc) is 2.67. The lowest BCUT2D eigenvalue weighted by atomic mass is 10.1. The molecule has 0 aliphatic carbocycles. The molecule has 0 radical (unpaired) electrons. The standard InChI is InChI=1S/C20H16ClN3O3/c21-14-8-6-13(7-9-14)17(18(22)25)24-20(27)15-10-11-16(23-19(15)26)12-4-2-1-3-5-12/h1-11,17H,(H2,22,25)(H,23,26)(H,24,27). The molecule has 6 nitrogen and oxygen atoms in total. The fourth-order valence-corrected chi connectivity index (χ4v) is 2.75. The minimum atomic E-state index is -1.08. The number of nitrogens with two attached hydrogens (primary N) is 1. The molecule has 7 heteroatoms. The van der Waals surface area contributed by atoms with Crippen molar-refractivity contribution in [2.75, 3.05) is 0 Å². The van der Waals surface area contributed by atoms with E-state index >= 15 is 0 Å². The van der Waals surface area contributed by atoms with Crippen LogP contribution >= 0.6 is 11.6 Å². The Balaban J connectivity index is 1.85. The number of amides is 2. The molecule has 0 aliphatic rings. The second-order valence-corrected chi connectivity index (χ2v) is 6.28. The Hall–Kier alpha value is -3.38. The summed E-state index contributed by atoms with van der Waals surface area (Å²) in [5, 5.41) is 2.98. The number of nitrogens with one attached hydrogen (secondary N) is 2. The van der Waals surface area contributed by atoms with Gasteiger partial charge in [0.2, 0.25) is 5.91 Å². The lowest BCUT2D eigenvalue weighted by Crippen LogP contribution is -2.39. The van der Waals surface area contributed by atoms with E-state index in [4.69, 9.17) is 17.3 Å². The first-order valence-electron chi connectivity index (χ1n) is 8.10. The number of H-pyrrole nitrogens is 1. The number of hydrogen-bond acceptors (Lipinski definition) is 3. The number of halogens is 1. The first kappa shape index (κ1) is 18.4. The van der Waals surface area contributed by atoms with Gasteiger partial charge in [-0.1, -0.05) is 54.1 Å². The van der Waals surface area contributed by atoms with Gasteiger partial charge in [0.05, 0.1) is 0 Å². The van der Waals surface area contributed by atoms with Gasteiger partial charge in [0, 0.05) is 10.7 Å². The maximum absolute atomic E-state index is 12.5. The van der Waals surface area contributed by atoms with Gasteiger partial charge in [-0.05, 0) is 35.4 Å². The molecule has 0 fully saturated rings. The smallest absolute Gasteiger partial charge is 0.261 e. The van der Waals surface area contributed by atoms with Crippen molar-refractivity contribution in [2.45, 2.75) is 6.04 Å². The van der Waals surface area contributed by atoms with E-state index in [1.54, 1.807) is 30.3 Å². The molecule has 1 aromatic heterocycles. The van der Waals surface area contributed by atoms with Crippen molar-refractivity contribution in [3.63, 3.8) is 0 Å². The van der Waals surface area contributed by atoms with Crippen LogP contribution < -0.4 is 16.6 Å². The van der Waals surface area contributed by atoms with Crippen molar-refractivity contribution in [1.82, 2.24) is 10.3 Å². The molecule has 0 saturated carbocycles. The van der Waals surface area contributed by atoms with E-state index in [1.807, 2.05) is 30.3 Å². The van der Waals surface area contributed by atoms with E-state index in [2.05, 4.69) is 10.3 Å². The number of carbonyl (C=O) groups excluding carboxylic acids is 2. The number of pyridine rings is 1. The molecule has 136 valence electrons. The molecule has 2 amide bonds. The number of aromatic nitrogens is 1. The van der Waals surface area contributed by atoms with Crippen LogP contribution in [0.15, 0.2) is 71.5 Å². The molecule has 0 aliphatic heterocycles. The van der Waals surface area contributed by atoms with E-state index in [9.17, 15) is 14.4 Å². The monoisotopic (exact) mass is 381 g/mol. The zero-order chi connectivity index (χ0) is 19.4. The second kappa shape index (κ2) is 7.88. The molecule has 1 heterocycles. The summed E-state index contributed by atoms with van der Waals surface area (Å²) in [6.45, 7) is 0. The van der Waals surface area contributed by atoms with Gasteiger partial charge < -0.3 is 16.0 Å². The topological polar surface area (TPSA) is 105 Å². The highest BCUT2D eigenvalue weighted by Gasteiger charge is 2.22. The van der Waals surface area contributed by atoms with Crippen LogP contribution in [0.1, 0.15) is 22.0 Å². The van der Waals surface area contributed by atoms with Crippen LogP contribution in [0.3, 0.4) is 0 Å². The van der Waals surface area contributed by atoms with Gasteiger partial charge in [-0.2, -0.15) is 0 Å². The molecule has 27 heavy (non-hydrogen) atoms. The number of hydrogen-bond donors (Lipinski definition) is 3. The summed E-state index contributed by atoms with van der Waals surface area (Å²) in [5.74, 6) is -1.45. The third-order valence-corrected chi connectivity index (χ3v) is 4.25. The van der Waals surface area contributed by atoms with Crippen molar-refractivity contribution in [2.24, 2.45) is 5.73 Å². The Kier molecular flexibility index (Phi) is 5.38. The van der Waals surface area contributed by atoms with E-state index in [0.29, 0.717) is 16.3 Å². The zero-order valence-corrected chi connectivity index (χ0v) is 14.9. The molecule has 3 rings (SSSR count). The summed E-state index contributed by atoms with van der Waals surface area (Å²) in [4.78, 5) is 39.3. The van der Waals surface area contributed by atoms with Gasteiger partial charge in [0.15, 0.2) is 0 Å². The Bertz CT molecular complexity index is 1030. The van der Waals surface area contributed by atoms with Crippen LogP contribution in [0.4, 0.5) is 0 Å². The molecule has 0 saturated heterocycles. The molecule has 0 bridgehead atoms. The molecule has 1 atom stereocenters. The van der Waals surface area contributed by atoms with E-state index in [0.717, 1.165) is 5.56 Å². The minimum Gasteiger partial charge on any atom is -0.368 e. The average molecular weight is 382 g/mol. The maximum Gasteiger partial charge on any atom is 0.261 e. The molecule has 0 spiro atoms. The summed E-state index contributed by atoms with van der Waals surface area (Å²) in [6, 6.07) is 17.5. The van der Waals surface area contributed by atoms with E-state index in [-0.39, 0.29) is 5.56 Å². The fourth-order valence-electron chi connectivity index (χ4n) is 2.62. The lowest BCUT2D eigenvalue weighted by Gasteiger charge is -2.16. The first-order chi connectivity index (χ1) is 13.0. The van der Waals surface area contributed by atoms with Crippen LogP contribution in [0, 0.1) is 0 Å². The van der Waals surface area contributed by atoms with Gasteiger partial charge in [-0.3, -0.25) is 14.4 Å². The predicted molar refractivity (Wildman–Crippen MR) is 103 cm³/mol. The minimum absolute atomic E-state index is 0.116. The van der Waals surface area contributed by atoms with Crippen molar-refractivity contribution in [3.05, 3.63) is 93.2 Å². The predicted octanol–water partition coefficient (Wildman–Crippen LogP) is 2.65. The van der Waals surface area contributed by atoms with Crippen LogP contribution in [-0.4, -0.2) is 16.8 Å². The summed E-state index contributed by atoms with van der Waals surface area (Å²) in [7, 11) is 0. The molecular formula is C20H16ClN3O3. The zero-order valence-electron chi connectivity index (χ0n) is 14.1. The van der Waals surface area contributed by atoms with Crippen molar-refractivity contribution < 1.29 is 9.59 Å². The van der Waals surface area contributed by atoms with Crippen molar-refractivity contribution in [3.8, 4) is 11.3 Å². The van der Waals surface area contributed by atoms with Crippen molar-refractivity contribution >= 4 is 23.4 Å². The molecule has 1 unspecified atom stereocenters. The van der Waals surface area contributed by atoms with Crippen LogP contribution in [0.5, 0.6) is 0 Å². The summed E-state index contributed by atoms with van der Waals surface area (Å²) in [5.41, 5.74) is 6.59. The highest BCUT2D eigenvalue weighted by Crippen LogP contribution is 2.18. The largest absolute Gasteiger partial charge is 0.368 e. The van der Waals surface area contributed by atoms with E-state index in [1.165, 1.54) is 6.07 Å². The Morgan fingerprint density at radius 1 is 0.963 bits per heavy atom. The van der Waals surface area contributed by atoms with Crippen molar-refractivity contribution in [1.29, 1.82) is 0 Å². The van der Waals surface area contributed by atoms with Gasteiger partial charge in [-0.25, -0.2) is 0 Å². The maximum atomic E-state index is 12.5. The molecular weight excluding hydrogens is 366 g/mol. The number of carbonyl (C=O) groups is 2. The summed E-state index contributed by atoms with van der Waals surface area (Å²) >= 11 is 5.83. The number of benzene rings is 2. The third-order valence-electron chi connectivity index (χ3n) is 4.00. The number of aromatic amines is 1. The first-order valence-corrected chi connectivity index (χ1v) is 8.48. The normalized spacial score (nSPS) is 11.6. The Labute approximate surface area is 160 Å². The SMILES string of the molecule is NC(=O)C(NC(=O)c1ccc(-c2ccccc2)[nH]c1=O)c1ccc(Cl)cc1. The quantitative estimate of drug-likeness (QED) is 0.632. The van der Waals surface area contributed by atoms with Crippen LogP contribution in [0.25, 0.3) is 11.3 Å². The van der Waals surface area contributed by atoms with Gasteiger partial charge in [-0.15, -0.1) is 0 Å². The van der Waals surface area contributed by atoms with Gasteiger partial charge in [0.1, 0.15) is 11.6 Å². The van der Waals surface area contributed by atoms with E-state index < -0.39 is 23.4 Å². The van der Waals surface area contributed by atoms with Crippen LogP contribution in [-0.2, 0) is 4.79 Å².